The Bertz CT molecular complexity index is 570. The summed E-state index contributed by atoms with van der Waals surface area (Å²) in [6, 6.07) is 5.71. The molecule has 19 heavy (non-hydrogen) atoms. The van der Waals surface area contributed by atoms with Gasteiger partial charge in [0.25, 0.3) is 0 Å². The van der Waals surface area contributed by atoms with Gasteiger partial charge in [-0.05, 0) is 18.2 Å². The predicted molar refractivity (Wildman–Crippen MR) is 65.8 cm³/mol. The van der Waals surface area contributed by atoms with Gasteiger partial charge >= 0.3 is 0 Å². The molecule has 1 heterocycles. The number of nitrogens with zero attached hydrogens (tertiary/aromatic N) is 2. The summed E-state index contributed by atoms with van der Waals surface area (Å²) in [4.78, 5) is 15.5. The van der Waals surface area contributed by atoms with E-state index >= 15 is 0 Å². The van der Waals surface area contributed by atoms with E-state index in [0.717, 1.165) is 0 Å². The zero-order valence-corrected chi connectivity index (χ0v) is 10.3. The maximum absolute atomic E-state index is 12.9. The molecule has 0 aliphatic carbocycles. The number of carbonyl (C=O) groups is 1. The van der Waals surface area contributed by atoms with Gasteiger partial charge < -0.3 is 15.2 Å². The Balaban J connectivity index is 1.76. The van der Waals surface area contributed by atoms with Crippen LogP contribution in [0.2, 0.25) is 0 Å². The van der Waals surface area contributed by atoms with Crippen molar-refractivity contribution in [2.75, 3.05) is 11.9 Å². The Hall–Kier alpha value is -2.28. The number of amides is 1. The zero-order valence-electron chi connectivity index (χ0n) is 10.3. The van der Waals surface area contributed by atoms with Crippen molar-refractivity contribution in [3.8, 4) is 0 Å². The Morgan fingerprint density at radius 2 is 2.32 bits per heavy atom. The van der Waals surface area contributed by atoms with Crippen molar-refractivity contribution in [3.63, 3.8) is 0 Å². The average Bonchev–Trinajstić information content (AvgIpc) is 2.75. The van der Waals surface area contributed by atoms with Crippen molar-refractivity contribution in [1.82, 2.24) is 15.5 Å². The molecule has 100 valence electrons. The number of carbonyl (C=O) groups excluding carboxylic acids is 1. The van der Waals surface area contributed by atoms with E-state index in [1.165, 1.54) is 18.2 Å². The monoisotopic (exact) mass is 264 g/mol. The van der Waals surface area contributed by atoms with Gasteiger partial charge in [0.1, 0.15) is 5.82 Å². The molecule has 0 fully saturated rings. The lowest BCUT2D eigenvalue weighted by atomic mass is 10.3. The minimum absolute atomic E-state index is 0.0735. The van der Waals surface area contributed by atoms with E-state index in [1.54, 1.807) is 13.0 Å². The van der Waals surface area contributed by atoms with E-state index in [9.17, 15) is 9.18 Å². The molecule has 1 aromatic carbocycles. The molecule has 0 radical (unpaired) electrons. The smallest absolute Gasteiger partial charge is 0.238 e. The van der Waals surface area contributed by atoms with Crippen LogP contribution in [0.25, 0.3) is 0 Å². The normalized spacial score (nSPS) is 10.4. The fourth-order valence-electron chi connectivity index (χ4n) is 1.47. The van der Waals surface area contributed by atoms with Crippen LogP contribution in [0.3, 0.4) is 0 Å². The predicted octanol–water partition coefficient (Wildman–Crippen LogP) is 1.25. The maximum Gasteiger partial charge on any atom is 0.238 e. The van der Waals surface area contributed by atoms with Crippen LogP contribution in [-0.4, -0.2) is 22.6 Å². The molecule has 1 aromatic heterocycles. The van der Waals surface area contributed by atoms with Gasteiger partial charge in [-0.25, -0.2) is 4.39 Å². The van der Waals surface area contributed by atoms with Crippen LogP contribution in [0.5, 0.6) is 0 Å². The van der Waals surface area contributed by atoms with E-state index < -0.39 is 5.82 Å². The summed E-state index contributed by atoms with van der Waals surface area (Å²) in [5.41, 5.74) is 0.419. The number of aromatic nitrogens is 2. The first-order valence-corrected chi connectivity index (χ1v) is 5.69. The number of hydrogen-bond acceptors (Lipinski definition) is 5. The third kappa shape index (κ3) is 4.14. The van der Waals surface area contributed by atoms with Crippen LogP contribution in [-0.2, 0) is 11.3 Å². The van der Waals surface area contributed by atoms with Crippen LogP contribution < -0.4 is 10.6 Å². The van der Waals surface area contributed by atoms with Crippen LogP contribution in [0.4, 0.5) is 10.1 Å². The molecule has 1 amide bonds. The van der Waals surface area contributed by atoms with Crippen molar-refractivity contribution in [3.05, 3.63) is 41.8 Å². The minimum atomic E-state index is -0.395. The number of benzene rings is 1. The standard InChI is InChI=1S/C12H13FN4O2/c1-8-15-11(17-19-8)6-14-7-12(18)16-10-4-2-3-9(13)5-10/h2-5,14H,6-7H2,1H3,(H,16,18). The summed E-state index contributed by atoms with van der Waals surface area (Å²) in [6.07, 6.45) is 0. The molecule has 0 saturated heterocycles. The summed E-state index contributed by atoms with van der Waals surface area (Å²) in [6.45, 7) is 2.09. The van der Waals surface area contributed by atoms with Crippen molar-refractivity contribution in [2.45, 2.75) is 13.5 Å². The molecule has 0 spiro atoms. The van der Waals surface area contributed by atoms with Gasteiger partial charge in [0, 0.05) is 12.6 Å². The zero-order chi connectivity index (χ0) is 13.7. The molecule has 0 unspecified atom stereocenters. The lowest BCUT2D eigenvalue weighted by Gasteiger charge is -2.05. The summed E-state index contributed by atoms with van der Waals surface area (Å²) < 4.78 is 17.7. The molecule has 2 N–H and O–H groups in total. The number of nitrogens with one attached hydrogen (secondary N) is 2. The highest BCUT2D eigenvalue weighted by Crippen LogP contribution is 2.08. The number of halogens is 1. The molecule has 0 atom stereocenters. The van der Waals surface area contributed by atoms with E-state index in [0.29, 0.717) is 23.9 Å². The second-order valence-corrected chi connectivity index (χ2v) is 3.89. The average molecular weight is 264 g/mol. The first kappa shape index (κ1) is 13.2. The fraction of sp³-hybridized carbons (Fsp3) is 0.250. The lowest BCUT2D eigenvalue weighted by Crippen LogP contribution is -2.28. The summed E-state index contributed by atoms with van der Waals surface area (Å²) in [5, 5.41) is 9.11. The minimum Gasteiger partial charge on any atom is -0.340 e. The van der Waals surface area contributed by atoms with Gasteiger partial charge in [0.2, 0.25) is 11.8 Å². The quantitative estimate of drug-likeness (QED) is 0.849. The van der Waals surface area contributed by atoms with E-state index in [-0.39, 0.29) is 12.5 Å². The van der Waals surface area contributed by atoms with E-state index in [1.807, 2.05) is 0 Å². The maximum atomic E-state index is 12.9. The van der Waals surface area contributed by atoms with Crippen LogP contribution >= 0.6 is 0 Å². The van der Waals surface area contributed by atoms with E-state index in [2.05, 4.69) is 20.8 Å². The first-order chi connectivity index (χ1) is 9.13. The van der Waals surface area contributed by atoms with Crippen LogP contribution in [0.15, 0.2) is 28.8 Å². The summed E-state index contributed by atoms with van der Waals surface area (Å²) in [5.74, 6) is 0.288. The second kappa shape index (κ2) is 6.05. The van der Waals surface area contributed by atoms with Crippen LogP contribution in [0.1, 0.15) is 11.7 Å². The molecule has 2 aromatic rings. The number of aryl methyl sites for hydroxylation is 1. The first-order valence-electron chi connectivity index (χ1n) is 5.69. The van der Waals surface area contributed by atoms with Crippen molar-refractivity contribution in [1.29, 1.82) is 0 Å². The highest BCUT2D eigenvalue weighted by Gasteiger charge is 2.05. The van der Waals surface area contributed by atoms with Crippen molar-refractivity contribution in [2.24, 2.45) is 0 Å². The Morgan fingerprint density at radius 1 is 1.47 bits per heavy atom. The Morgan fingerprint density at radius 3 is 3.00 bits per heavy atom. The highest BCUT2D eigenvalue weighted by molar-refractivity contribution is 5.92. The molecule has 6 nitrogen and oxygen atoms in total. The Labute approximate surface area is 109 Å². The molecule has 7 heteroatoms. The highest BCUT2D eigenvalue weighted by atomic mass is 19.1. The third-order valence-corrected chi connectivity index (χ3v) is 2.25. The number of anilines is 1. The van der Waals surface area contributed by atoms with Crippen molar-refractivity contribution >= 4 is 11.6 Å². The van der Waals surface area contributed by atoms with Crippen LogP contribution in [0, 0.1) is 12.7 Å². The van der Waals surface area contributed by atoms with Gasteiger partial charge in [0.15, 0.2) is 5.82 Å². The van der Waals surface area contributed by atoms with E-state index in [4.69, 9.17) is 4.52 Å². The second-order valence-electron chi connectivity index (χ2n) is 3.89. The third-order valence-electron chi connectivity index (χ3n) is 2.25. The van der Waals surface area contributed by atoms with Crippen molar-refractivity contribution < 1.29 is 13.7 Å². The van der Waals surface area contributed by atoms with Gasteiger partial charge in [-0.2, -0.15) is 4.98 Å². The fourth-order valence-corrected chi connectivity index (χ4v) is 1.47. The summed E-state index contributed by atoms with van der Waals surface area (Å²) >= 11 is 0. The van der Waals surface area contributed by atoms with Gasteiger partial charge in [0.05, 0.1) is 13.1 Å². The molecule has 0 saturated carbocycles. The van der Waals surface area contributed by atoms with Gasteiger partial charge in [-0.1, -0.05) is 11.2 Å². The summed E-state index contributed by atoms with van der Waals surface area (Å²) in [7, 11) is 0. The van der Waals surface area contributed by atoms with Gasteiger partial charge in [-0.3, -0.25) is 4.79 Å². The SMILES string of the molecule is Cc1nc(CNCC(=O)Nc2cccc(F)c2)no1. The number of hydrogen-bond donors (Lipinski definition) is 2. The number of rotatable bonds is 5. The largest absolute Gasteiger partial charge is 0.340 e. The molecule has 0 aliphatic rings. The lowest BCUT2D eigenvalue weighted by molar-refractivity contribution is -0.115. The molecule has 2 rings (SSSR count). The van der Waals surface area contributed by atoms with Gasteiger partial charge in [-0.15, -0.1) is 0 Å². The topological polar surface area (TPSA) is 80.0 Å². The molecular weight excluding hydrogens is 251 g/mol. The molecule has 0 bridgehead atoms. The molecular formula is C12H13FN4O2. The molecule has 0 aliphatic heterocycles. The Kier molecular flexibility index (Phi) is 4.19.